The lowest BCUT2D eigenvalue weighted by Gasteiger charge is -2.24. The van der Waals surface area contributed by atoms with Crippen LogP contribution in [0.15, 0.2) is 18.2 Å². The van der Waals surface area contributed by atoms with E-state index in [1.54, 1.807) is 6.92 Å². The van der Waals surface area contributed by atoms with Gasteiger partial charge in [0.05, 0.1) is 6.61 Å². The lowest BCUT2D eigenvalue weighted by molar-refractivity contribution is -0.144. The number of nitrogens with one attached hydrogen (secondary N) is 2. The summed E-state index contributed by atoms with van der Waals surface area (Å²) in [5.41, 5.74) is -0.437. The zero-order chi connectivity index (χ0) is 14.8. The van der Waals surface area contributed by atoms with Crippen molar-refractivity contribution in [3.63, 3.8) is 0 Å². The average Bonchev–Trinajstić information content (AvgIpc) is 2.82. The number of halogens is 1. The normalized spacial score (nSPS) is 21.5. The van der Waals surface area contributed by atoms with Gasteiger partial charge in [0, 0.05) is 18.7 Å². The maximum atomic E-state index is 13.0. The average molecular weight is 282 g/mol. The number of amides is 2. The Balaban J connectivity index is 2.07. The van der Waals surface area contributed by atoms with Gasteiger partial charge in [-0.15, -0.1) is 0 Å². The van der Waals surface area contributed by atoms with Crippen molar-refractivity contribution in [1.29, 1.82) is 0 Å². The fourth-order valence-corrected chi connectivity index (χ4v) is 2.02. The number of carboxylic acid groups (broad SMARTS) is 1. The molecule has 20 heavy (non-hydrogen) atoms. The number of rotatable bonds is 3. The number of benzene rings is 1. The van der Waals surface area contributed by atoms with Crippen LogP contribution >= 0.6 is 0 Å². The van der Waals surface area contributed by atoms with Crippen molar-refractivity contribution in [3.05, 3.63) is 29.6 Å². The number of anilines is 1. The SMILES string of the molecule is Cc1cc(F)ccc1NC(=O)NC1(C(=O)O)CCOC1. The summed E-state index contributed by atoms with van der Waals surface area (Å²) in [7, 11) is 0. The lowest BCUT2D eigenvalue weighted by Crippen LogP contribution is -2.56. The molecule has 0 aliphatic carbocycles. The molecule has 7 heteroatoms. The van der Waals surface area contributed by atoms with Crippen LogP contribution in [0.2, 0.25) is 0 Å². The van der Waals surface area contributed by atoms with Crippen molar-refractivity contribution in [3.8, 4) is 0 Å². The summed E-state index contributed by atoms with van der Waals surface area (Å²) in [6, 6.07) is 3.26. The summed E-state index contributed by atoms with van der Waals surface area (Å²) in [6.07, 6.45) is 0.207. The molecule has 0 spiro atoms. The molecule has 1 atom stereocenters. The predicted octanol–water partition coefficient (Wildman–Crippen LogP) is 1.50. The minimum Gasteiger partial charge on any atom is -0.479 e. The molecule has 0 radical (unpaired) electrons. The van der Waals surface area contributed by atoms with Gasteiger partial charge in [-0.2, -0.15) is 0 Å². The summed E-state index contributed by atoms with van der Waals surface area (Å²) in [5.74, 6) is -1.54. The van der Waals surface area contributed by atoms with Gasteiger partial charge in [0.25, 0.3) is 0 Å². The largest absolute Gasteiger partial charge is 0.479 e. The van der Waals surface area contributed by atoms with E-state index >= 15 is 0 Å². The van der Waals surface area contributed by atoms with E-state index in [9.17, 15) is 19.1 Å². The molecule has 0 saturated carbocycles. The van der Waals surface area contributed by atoms with E-state index in [-0.39, 0.29) is 19.6 Å². The number of aryl methyl sites for hydroxylation is 1. The highest BCUT2D eigenvalue weighted by Gasteiger charge is 2.44. The van der Waals surface area contributed by atoms with E-state index in [2.05, 4.69) is 10.6 Å². The summed E-state index contributed by atoms with van der Waals surface area (Å²) in [4.78, 5) is 23.1. The molecular formula is C13H15FN2O4. The Kier molecular flexibility index (Phi) is 3.89. The Morgan fingerprint density at radius 1 is 1.45 bits per heavy atom. The highest BCUT2D eigenvalue weighted by Crippen LogP contribution is 2.20. The van der Waals surface area contributed by atoms with Crippen LogP contribution in [0.5, 0.6) is 0 Å². The van der Waals surface area contributed by atoms with E-state index in [1.165, 1.54) is 18.2 Å². The molecule has 2 rings (SSSR count). The van der Waals surface area contributed by atoms with Crippen LogP contribution in [-0.4, -0.2) is 35.9 Å². The second kappa shape index (κ2) is 5.46. The van der Waals surface area contributed by atoms with Crippen molar-refractivity contribution in [2.45, 2.75) is 18.9 Å². The minimum atomic E-state index is -1.40. The highest BCUT2D eigenvalue weighted by molar-refractivity contribution is 5.94. The summed E-state index contributed by atoms with van der Waals surface area (Å²) in [6.45, 7) is 1.85. The molecule has 6 nitrogen and oxygen atoms in total. The number of ether oxygens (including phenoxy) is 1. The zero-order valence-corrected chi connectivity index (χ0v) is 10.9. The van der Waals surface area contributed by atoms with Gasteiger partial charge < -0.3 is 20.5 Å². The molecule has 1 aliphatic rings. The number of hydrogen-bond donors (Lipinski definition) is 3. The molecule has 1 heterocycles. The van der Waals surface area contributed by atoms with E-state index in [0.29, 0.717) is 11.3 Å². The summed E-state index contributed by atoms with van der Waals surface area (Å²) < 4.78 is 18.0. The fourth-order valence-electron chi connectivity index (χ4n) is 2.02. The van der Waals surface area contributed by atoms with Crippen LogP contribution in [0.4, 0.5) is 14.9 Å². The summed E-state index contributed by atoms with van der Waals surface area (Å²) >= 11 is 0. The van der Waals surface area contributed by atoms with Gasteiger partial charge in [-0.25, -0.2) is 14.0 Å². The van der Waals surface area contributed by atoms with Crippen LogP contribution in [0.3, 0.4) is 0 Å². The van der Waals surface area contributed by atoms with Gasteiger partial charge in [0.1, 0.15) is 5.82 Å². The number of hydrogen-bond acceptors (Lipinski definition) is 3. The van der Waals surface area contributed by atoms with E-state index in [4.69, 9.17) is 4.74 Å². The third-order valence-electron chi connectivity index (χ3n) is 3.22. The molecule has 3 N–H and O–H groups in total. The molecule has 1 aromatic rings. The van der Waals surface area contributed by atoms with Crippen molar-refractivity contribution in [2.24, 2.45) is 0 Å². The minimum absolute atomic E-state index is 0.0713. The van der Waals surface area contributed by atoms with Crippen LogP contribution in [-0.2, 0) is 9.53 Å². The topological polar surface area (TPSA) is 87.7 Å². The van der Waals surface area contributed by atoms with Crippen molar-refractivity contribution in [2.75, 3.05) is 18.5 Å². The van der Waals surface area contributed by atoms with Crippen molar-refractivity contribution in [1.82, 2.24) is 5.32 Å². The van der Waals surface area contributed by atoms with Gasteiger partial charge in [0.2, 0.25) is 0 Å². The Morgan fingerprint density at radius 2 is 2.20 bits per heavy atom. The quantitative estimate of drug-likeness (QED) is 0.784. The Labute approximate surface area is 114 Å². The molecule has 1 unspecified atom stereocenters. The highest BCUT2D eigenvalue weighted by atomic mass is 19.1. The Hall–Kier alpha value is -2.15. The zero-order valence-electron chi connectivity index (χ0n) is 10.9. The standard InChI is InChI=1S/C13H15FN2O4/c1-8-6-9(14)2-3-10(8)15-12(19)16-13(11(17)18)4-5-20-7-13/h2-3,6H,4-5,7H2,1H3,(H,17,18)(H2,15,16,19). The van der Waals surface area contributed by atoms with Gasteiger partial charge in [0.15, 0.2) is 5.54 Å². The Bertz CT molecular complexity index is 541. The molecule has 108 valence electrons. The van der Waals surface area contributed by atoms with E-state index < -0.39 is 23.4 Å². The molecule has 0 aromatic heterocycles. The van der Waals surface area contributed by atoms with Gasteiger partial charge in [-0.3, -0.25) is 0 Å². The maximum Gasteiger partial charge on any atom is 0.332 e. The number of carboxylic acids is 1. The molecule has 1 fully saturated rings. The first-order valence-electron chi connectivity index (χ1n) is 6.09. The van der Waals surface area contributed by atoms with Crippen molar-refractivity contribution < 1.29 is 23.8 Å². The monoisotopic (exact) mass is 282 g/mol. The van der Waals surface area contributed by atoms with Crippen LogP contribution in [0.25, 0.3) is 0 Å². The first kappa shape index (κ1) is 14.3. The van der Waals surface area contributed by atoms with E-state index in [0.717, 1.165) is 0 Å². The van der Waals surface area contributed by atoms with Crippen LogP contribution in [0, 0.1) is 12.7 Å². The Morgan fingerprint density at radius 3 is 2.75 bits per heavy atom. The third kappa shape index (κ3) is 2.88. The molecule has 1 aliphatic heterocycles. The second-order valence-electron chi connectivity index (χ2n) is 4.73. The molecule has 0 bridgehead atoms. The smallest absolute Gasteiger partial charge is 0.332 e. The number of aliphatic carboxylic acids is 1. The first-order chi connectivity index (χ1) is 9.43. The lowest BCUT2D eigenvalue weighted by atomic mass is 9.99. The molecule has 1 saturated heterocycles. The number of carbonyl (C=O) groups is 2. The van der Waals surface area contributed by atoms with Crippen LogP contribution < -0.4 is 10.6 Å². The molecular weight excluding hydrogens is 267 g/mol. The van der Waals surface area contributed by atoms with Gasteiger partial charge in [-0.05, 0) is 30.7 Å². The number of urea groups is 1. The van der Waals surface area contributed by atoms with Gasteiger partial charge in [-0.1, -0.05) is 0 Å². The van der Waals surface area contributed by atoms with Crippen molar-refractivity contribution >= 4 is 17.7 Å². The van der Waals surface area contributed by atoms with Crippen LogP contribution in [0.1, 0.15) is 12.0 Å². The fraction of sp³-hybridized carbons (Fsp3) is 0.385. The molecule has 1 aromatic carbocycles. The first-order valence-corrected chi connectivity index (χ1v) is 6.09. The number of carbonyl (C=O) groups excluding carboxylic acids is 1. The van der Waals surface area contributed by atoms with Gasteiger partial charge >= 0.3 is 12.0 Å². The molecule has 2 amide bonds. The maximum absolute atomic E-state index is 13.0. The van der Waals surface area contributed by atoms with E-state index in [1.807, 2.05) is 0 Å². The third-order valence-corrected chi connectivity index (χ3v) is 3.22. The predicted molar refractivity (Wildman–Crippen MR) is 69.1 cm³/mol. The second-order valence-corrected chi connectivity index (χ2v) is 4.73. The summed E-state index contributed by atoms with van der Waals surface area (Å²) in [5, 5.41) is 14.1.